The number of hydrogen-bond donors (Lipinski definition) is 1. The topological polar surface area (TPSA) is 87.0 Å². The Morgan fingerprint density at radius 3 is 2.37 bits per heavy atom. The van der Waals surface area contributed by atoms with Crippen LogP contribution in [0.25, 0.3) is 0 Å². The van der Waals surface area contributed by atoms with Gasteiger partial charge in [0.1, 0.15) is 11.4 Å². The van der Waals surface area contributed by atoms with E-state index in [-0.39, 0.29) is 28.5 Å². The standard InChI is InChI=1S/C13H24N4O2/c1-6-7-16-13(11(8(2)3)9(4)14)12(17(18)19)10(5)15-16/h8-9,11H,6-7,14H2,1-5H3. The Bertz CT molecular complexity index is 444. The van der Waals surface area contributed by atoms with Crippen LogP contribution in [0.4, 0.5) is 5.69 Å². The Kier molecular flexibility index (Phi) is 5.05. The molecule has 0 fully saturated rings. The zero-order chi connectivity index (χ0) is 14.7. The first-order valence-corrected chi connectivity index (χ1v) is 6.78. The molecule has 0 aliphatic heterocycles. The second-order valence-corrected chi connectivity index (χ2v) is 5.43. The van der Waals surface area contributed by atoms with Gasteiger partial charge in [0.05, 0.1) is 4.92 Å². The van der Waals surface area contributed by atoms with E-state index < -0.39 is 0 Å². The lowest BCUT2D eigenvalue weighted by Gasteiger charge is -2.25. The van der Waals surface area contributed by atoms with Gasteiger partial charge in [-0.15, -0.1) is 0 Å². The third-order valence-electron chi connectivity index (χ3n) is 3.35. The van der Waals surface area contributed by atoms with Crippen LogP contribution in [0.3, 0.4) is 0 Å². The van der Waals surface area contributed by atoms with Crippen molar-refractivity contribution in [1.29, 1.82) is 0 Å². The van der Waals surface area contributed by atoms with Gasteiger partial charge in [-0.05, 0) is 26.2 Å². The van der Waals surface area contributed by atoms with Crippen molar-refractivity contribution in [3.8, 4) is 0 Å². The molecular weight excluding hydrogens is 244 g/mol. The summed E-state index contributed by atoms with van der Waals surface area (Å²) in [6.07, 6.45) is 0.884. The number of aromatic nitrogens is 2. The molecule has 6 heteroatoms. The Balaban J connectivity index is 3.46. The minimum absolute atomic E-state index is 0.0619. The minimum Gasteiger partial charge on any atom is -0.327 e. The summed E-state index contributed by atoms with van der Waals surface area (Å²) in [4.78, 5) is 11.0. The molecule has 0 aromatic carbocycles. The van der Waals surface area contributed by atoms with Crippen LogP contribution in [-0.2, 0) is 6.54 Å². The first kappa shape index (κ1) is 15.6. The normalized spacial score (nSPS) is 14.7. The third kappa shape index (κ3) is 3.12. The fourth-order valence-corrected chi connectivity index (χ4v) is 2.70. The molecule has 0 saturated carbocycles. The Labute approximate surface area is 114 Å². The van der Waals surface area contributed by atoms with Crippen LogP contribution in [0.1, 0.15) is 51.4 Å². The molecule has 0 spiro atoms. The summed E-state index contributed by atoms with van der Waals surface area (Å²) in [6, 6.07) is -0.148. The van der Waals surface area contributed by atoms with Gasteiger partial charge in [-0.3, -0.25) is 14.8 Å². The maximum atomic E-state index is 11.3. The molecule has 1 rings (SSSR count). The van der Waals surface area contributed by atoms with Gasteiger partial charge >= 0.3 is 5.69 Å². The molecule has 0 saturated heterocycles. The number of nitro groups is 1. The maximum absolute atomic E-state index is 11.3. The molecule has 2 N–H and O–H groups in total. The summed E-state index contributed by atoms with van der Waals surface area (Å²) in [5, 5.41) is 15.6. The van der Waals surface area contributed by atoms with E-state index in [0.29, 0.717) is 17.9 Å². The molecule has 0 aliphatic carbocycles. The van der Waals surface area contributed by atoms with E-state index in [4.69, 9.17) is 5.73 Å². The van der Waals surface area contributed by atoms with Crippen LogP contribution in [0.15, 0.2) is 0 Å². The molecule has 2 unspecified atom stereocenters. The molecule has 1 aromatic heterocycles. The molecule has 6 nitrogen and oxygen atoms in total. The van der Waals surface area contributed by atoms with Crippen LogP contribution in [0, 0.1) is 23.0 Å². The van der Waals surface area contributed by atoms with E-state index in [1.165, 1.54) is 0 Å². The van der Waals surface area contributed by atoms with Gasteiger partial charge in [0, 0.05) is 18.5 Å². The summed E-state index contributed by atoms with van der Waals surface area (Å²) >= 11 is 0. The van der Waals surface area contributed by atoms with Crippen LogP contribution < -0.4 is 5.73 Å². The predicted molar refractivity (Wildman–Crippen MR) is 75.1 cm³/mol. The van der Waals surface area contributed by atoms with E-state index in [9.17, 15) is 10.1 Å². The number of hydrogen-bond acceptors (Lipinski definition) is 4. The summed E-state index contributed by atoms with van der Waals surface area (Å²) in [6.45, 7) is 10.4. The van der Waals surface area contributed by atoms with Gasteiger partial charge in [0.15, 0.2) is 0 Å². The highest BCUT2D eigenvalue weighted by Gasteiger charge is 2.34. The molecule has 1 aromatic rings. The van der Waals surface area contributed by atoms with Crippen LogP contribution >= 0.6 is 0 Å². The lowest BCUT2D eigenvalue weighted by molar-refractivity contribution is -0.386. The van der Waals surface area contributed by atoms with Crippen molar-refractivity contribution < 1.29 is 4.92 Å². The average Bonchev–Trinajstić information content (AvgIpc) is 2.55. The van der Waals surface area contributed by atoms with Gasteiger partial charge in [0.25, 0.3) is 0 Å². The largest absolute Gasteiger partial charge is 0.327 e. The Morgan fingerprint density at radius 1 is 1.42 bits per heavy atom. The molecule has 2 atom stereocenters. The highest BCUT2D eigenvalue weighted by atomic mass is 16.6. The predicted octanol–water partition coefficient (Wildman–Crippen LogP) is 2.60. The van der Waals surface area contributed by atoms with E-state index in [0.717, 1.165) is 6.42 Å². The Hall–Kier alpha value is -1.43. The molecular formula is C13H24N4O2. The third-order valence-corrected chi connectivity index (χ3v) is 3.35. The van der Waals surface area contributed by atoms with E-state index >= 15 is 0 Å². The van der Waals surface area contributed by atoms with Gasteiger partial charge in [-0.25, -0.2) is 0 Å². The van der Waals surface area contributed by atoms with Gasteiger partial charge < -0.3 is 5.73 Å². The van der Waals surface area contributed by atoms with Crippen LogP contribution in [0.2, 0.25) is 0 Å². The van der Waals surface area contributed by atoms with Crippen molar-refractivity contribution in [2.45, 2.75) is 59.5 Å². The maximum Gasteiger partial charge on any atom is 0.313 e. The van der Waals surface area contributed by atoms with E-state index in [1.807, 2.05) is 27.7 Å². The lowest BCUT2D eigenvalue weighted by atomic mass is 9.86. The van der Waals surface area contributed by atoms with Crippen LogP contribution in [-0.4, -0.2) is 20.7 Å². The Morgan fingerprint density at radius 2 is 2.00 bits per heavy atom. The second-order valence-electron chi connectivity index (χ2n) is 5.43. The molecule has 0 bridgehead atoms. The van der Waals surface area contributed by atoms with Crippen molar-refractivity contribution in [3.05, 3.63) is 21.5 Å². The molecule has 0 radical (unpaired) electrons. The fraction of sp³-hybridized carbons (Fsp3) is 0.769. The monoisotopic (exact) mass is 268 g/mol. The van der Waals surface area contributed by atoms with Gasteiger partial charge in [-0.2, -0.15) is 5.10 Å². The molecule has 0 aliphatic rings. The zero-order valence-electron chi connectivity index (χ0n) is 12.4. The number of nitrogens with zero attached hydrogens (tertiary/aromatic N) is 3. The zero-order valence-corrected chi connectivity index (χ0v) is 12.4. The van der Waals surface area contributed by atoms with Crippen molar-refractivity contribution >= 4 is 5.69 Å². The molecule has 19 heavy (non-hydrogen) atoms. The van der Waals surface area contributed by atoms with Crippen molar-refractivity contribution in [2.24, 2.45) is 11.7 Å². The van der Waals surface area contributed by atoms with Crippen molar-refractivity contribution in [2.75, 3.05) is 0 Å². The minimum atomic E-state index is -0.332. The second kappa shape index (κ2) is 6.14. The van der Waals surface area contributed by atoms with E-state index in [1.54, 1.807) is 11.6 Å². The average molecular weight is 268 g/mol. The first-order chi connectivity index (χ1) is 8.81. The van der Waals surface area contributed by atoms with Crippen molar-refractivity contribution in [3.63, 3.8) is 0 Å². The molecule has 0 amide bonds. The first-order valence-electron chi connectivity index (χ1n) is 6.78. The summed E-state index contributed by atoms with van der Waals surface area (Å²) in [5.74, 6) is 0.165. The summed E-state index contributed by atoms with van der Waals surface area (Å²) < 4.78 is 1.77. The van der Waals surface area contributed by atoms with Gasteiger partial charge in [0.2, 0.25) is 0 Å². The fourth-order valence-electron chi connectivity index (χ4n) is 2.70. The summed E-state index contributed by atoms with van der Waals surface area (Å²) in [5.41, 5.74) is 7.33. The summed E-state index contributed by atoms with van der Waals surface area (Å²) in [7, 11) is 0. The quantitative estimate of drug-likeness (QED) is 0.634. The highest BCUT2D eigenvalue weighted by Crippen LogP contribution is 2.35. The van der Waals surface area contributed by atoms with Gasteiger partial charge in [-0.1, -0.05) is 20.8 Å². The number of nitrogens with two attached hydrogens (primary N) is 1. The van der Waals surface area contributed by atoms with Crippen molar-refractivity contribution in [1.82, 2.24) is 9.78 Å². The van der Waals surface area contributed by atoms with Crippen LogP contribution in [0.5, 0.6) is 0 Å². The molecule has 1 heterocycles. The molecule has 108 valence electrons. The number of aryl methyl sites for hydroxylation is 2. The SMILES string of the molecule is CCCn1nc(C)c([N+](=O)[O-])c1C(C(C)C)C(C)N. The number of rotatable bonds is 6. The highest BCUT2D eigenvalue weighted by molar-refractivity contribution is 5.43. The van der Waals surface area contributed by atoms with E-state index in [2.05, 4.69) is 5.10 Å². The smallest absolute Gasteiger partial charge is 0.313 e. The lowest BCUT2D eigenvalue weighted by Crippen LogP contribution is -2.31.